The van der Waals surface area contributed by atoms with Crippen LogP contribution in [-0.2, 0) is 0 Å². The summed E-state index contributed by atoms with van der Waals surface area (Å²) < 4.78 is 2.20. The zero-order chi connectivity index (χ0) is 33.5. The zero-order valence-electron chi connectivity index (χ0n) is 27.5. The van der Waals surface area contributed by atoms with E-state index in [9.17, 15) is 0 Å². The van der Waals surface area contributed by atoms with Gasteiger partial charge in [0.2, 0.25) is 5.95 Å². The molecule has 10 aromatic rings. The highest BCUT2D eigenvalue weighted by Crippen LogP contribution is 2.48. The number of nitrogens with zero attached hydrogens (tertiary/aromatic N) is 4. The molecule has 0 aliphatic heterocycles. The van der Waals surface area contributed by atoms with Crippen LogP contribution >= 0.6 is 0 Å². The van der Waals surface area contributed by atoms with Crippen LogP contribution in [0.5, 0.6) is 0 Å². The highest BCUT2D eigenvalue weighted by molar-refractivity contribution is 6.21. The van der Waals surface area contributed by atoms with E-state index in [2.05, 4.69) is 156 Å². The van der Waals surface area contributed by atoms with Crippen molar-refractivity contribution in [2.24, 2.45) is 0 Å². The Labute approximate surface area is 294 Å². The molecule has 0 unspecified atom stereocenters. The van der Waals surface area contributed by atoms with E-state index in [1.165, 1.54) is 54.6 Å². The first-order valence-electron chi connectivity index (χ1n) is 17.3. The van der Waals surface area contributed by atoms with Gasteiger partial charge in [-0.1, -0.05) is 152 Å². The van der Waals surface area contributed by atoms with Crippen LogP contribution in [0.1, 0.15) is 0 Å². The minimum Gasteiger partial charge on any atom is -0.278 e. The first kappa shape index (κ1) is 28.0. The Morgan fingerprint density at radius 1 is 0.333 bits per heavy atom. The fourth-order valence-corrected chi connectivity index (χ4v) is 8.15. The molecule has 1 aliphatic rings. The second-order valence-corrected chi connectivity index (χ2v) is 13.2. The van der Waals surface area contributed by atoms with Crippen LogP contribution in [0.15, 0.2) is 170 Å². The Balaban J connectivity index is 1.16. The number of benzene rings is 8. The Kier molecular flexibility index (Phi) is 5.92. The van der Waals surface area contributed by atoms with E-state index in [0.717, 1.165) is 33.3 Å². The summed E-state index contributed by atoms with van der Waals surface area (Å²) in [6, 6.07) is 60.2. The summed E-state index contributed by atoms with van der Waals surface area (Å²) in [7, 11) is 0. The molecule has 11 rings (SSSR count). The highest BCUT2D eigenvalue weighted by atomic mass is 15.2. The smallest absolute Gasteiger partial charge is 0.238 e. The third-order valence-corrected chi connectivity index (χ3v) is 10.4. The monoisotopic (exact) mass is 648 g/mol. The van der Waals surface area contributed by atoms with Crippen molar-refractivity contribution in [3.63, 3.8) is 0 Å². The highest BCUT2D eigenvalue weighted by Gasteiger charge is 2.23. The van der Waals surface area contributed by atoms with Crippen molar-refractivity contribution in [1.29, 1.82) is 0 Å². The van der Waals surface area contributed by atoms with E-state index in [-0.39, 0.29) is 0 Å². The molecular weight excluding hydrogens is 621 g/mol. The van der Waals surface area contributed by atoms with Crippen molar-refractivity contribution in [2.45, 2.75) is 0 Å². The van der Waals surface area contributed by atoms with Gasteiger partial charge in [-0.05, 0) is 73.1 Å². The summed E-state index contributed by atoms with van der Waals surface area (Å²) >= 11 is 0. The minimum absolute atomic E-state index is 0.589. The topological polar surface area (TPSA) is 43.6 Å². The lowest BCUT2D eigenvalue weighted by atomic mass is 9.94. The van der Waals surface area contributed by atoms with Gasteiger partial charge in [-0.3, -0.25) is 4.57 Å². The SMILES string of the molecule is c1ccc(-c2nc(-c3ccccc3-c3ccc4c(c3)-c3cccc5cccc-4c35)nc(-n3c4ccccc4c4c5ccccc5ccc43)n2)cc1. The second kappa shape index (κ2) is 10.8. The number of rotatable bonds is 4. The Morgan fingerprint density at radius 3 is 1.86 bits per heavy atom. The molecule has 0 fully saturated rings. The summed E-state index contributed by atoms with van der Waals surface area (Å²) in [5.74, 6) is 1.85. The van der Waals surface area contributed by atoms with Crippen LogP contribution in [-0.4, -0.2) is 19.5 Å². The van der Waals surface area contributed by atoms with Gasteiger partial charge in [0.25, 0.3) is 0 Å². The van der Waals surface area contributed by atoms with E-state index < -0.39 is 0 Å². The maximum absolute atomic E-state index is 5.32. The molecule has 2 aromatic heterocycles. The maximum Gasteiger partial charge on any atom is 0.238 e. The summed E-state index contributed by atoms with van der Waals surface area (Å²) in [5.41, 5.74) is 11.3. The van der Waals surface area contributed by atoms with E-state index in [4.69, 9.17) is 15.0 Å². The molecule has 0 amide bonds. The minimum atomic E-state index is 0.589. The predicted octanol–water partition coefficient (Wildman–Crippen LogP) is 11.9. The summed E-state index contributed by atoms with van der Waals surface area (Å²) in [5, 5.41) is 7.38. The first-order chi connectivity index (χ1) is 25.3. The van der Waals surface area contributed by atoms with Crippen LogP contribution in [0.2, 0.25) is 0 Å². The first-order valence-corrected chi connectivity index (χ1v) is 17.3. The van der Waals surface area contributed by atoms with E-state index >= 15 is 0 Å². The standard InChI is InChI=1S/C47H28N4/c1-2-13-31(14-3-1)45-48-46(50-47(49-45)51-41-23-9-8-20-39(41)44-34-18-5-4-12-29(34)25-27-42(44)51)38-19-7-6-17-33(38)32-24-26-35-36-21-10-15-30-16-11-22-37(43(30)36)40(35)28-32/h1-28H. The summed E-state index contributed by atoms with van der Waals surface area (Å²) in [6.07, 6.45) is 0. The molecule has 0 radical (unpaired) electrons. The zero-order valence-corrected chi connectivity index (χ0v) is 27.5. The average Bonchev–Trinajstić information content (AvgIpc) is 3.72. The molecule has 0 saturated carbocycles. The summed E-state index contributed by atoms with van der Waals surface area (Å²) in [6.45, 7) is 0. The Bertz CT molecular complexity index is 3020. The maximum atomic E-state index is 5.32. The average molecular weight is 649 g/mol. The van der Waals surface area contributed by atoms with Crippen molar-refractivity contribution in [2.75, 3.05) is 0 Å². The number of para-hydroxylation sites is 1. The molecule has 2 heterocycles. The molecule has 236 valence electrons. The lowest BCUT2D eigenvalue weighted by Crippen LogP contribution is -2.06. The van der Waals surface area contributed by atoms with Crippen LogP contribution < -0.4 is 0 Å². The molecule has 0 spiro atoms. The molecule has 0 bridgehead atoms. The molecule has 4 heteroatoms. The van der Waals surface area contributed by atoms with E-state index in [1.807, 2.05) is 18.2 Å². The van der Waals surface area contributed by atoms with Crippen LogP contribution in [0, 0.1) is 0 Å². The van der Waals surface area contributed by atoms with Crippen molar-refractivity contribution >= 4 is 43.4 Å². The lowest BCUT2D eigenvalue weighted by molar-refractivity contribution is 0.954. The molecule has 0 N–H and O–H groups in total. The Hall–Kier alpha value is -6.91. The third kappa shape index (κ3) is 4.17. The quantitative estimate of drug-likeness (QED) is 0.191. The normalized spacial score (nSPS) is 11.9. The predicted molar refractivity (Wildman–Crippen MR) is 210 cm³/mol. The van der Waals surface area contributed by atoms with Gasteiger partial charge in [-0.25, -0.2) is 4.98 Å². The summed E-state index contributed by atoms with van der Waals surface area (Å²) in [4.78, 5) is 15.7. The fraction of sp³-hybridized carbons (Fsp3) is 0. The van der Waals surface area contributed by atoms with Gasteiger partial charge in [-0.15, -0.1) is 0 Å². The Morgan fingerprint density at radius 2 is 1.00 bits per heavy atom. The number of aromatic nitrogens is 4. The molecule has 4 nitrogen and oxygen atoms in total. The van der Waals surface area contributed by atoms with E-state index in [1.54, 1.807) is 0 Å². The van der Waals surface area contributed by atoms with Gasteiger partial charge in [-0.2, -0.15) is 9.97 Å². The number of fused-ring (bicyclic) bond motifs is 8. The molecule has 8 aromatic carbocycles. The molecular formula is C47H28N4. The van der Waals surface area contributed by atoms with Crippen molar-refractivity contribution in [3.05, 3.63) is 170 Å². The van der Waals surface area contributed by atoms with Crippen LogP contribution in [0.3, 0.4) is 0 Å². The fourth-order valence-electron chi connectivity index (χ4n) is 8.15. The van der Waals surface area contributed by atoms with Crippen LogP contribution in [0.25, 0.3) is 105 Å². The van der Waals surface area contributed by atoms with Gasteiger partial charge in [0.1, 0.15) is 0 Å². The van der Waals surface area contributed by atoms with Crippen molar-refractivity contribution in [3.8, 4) is 62.1 Å². The van der Waals surface area contributed by atoms with Gasteiger partial charge in [0.15, 0.2) is 11.6 Å². The van der Waals surface area contributed by atoms with Gasteiger partial charge in [0.05, 0.1) is 11.0 Å². The number of hydrogen-bond acceptors (Lipinski definition) is 3. The van der Waals surface area contributed by atoms with Gasteiger partial charge < -0.3 is 0 Å². The molecule has 51 heavy (non-hydrogen) atoms. The lowest BCUT2D eigenvalue weighted by Gasteiger charge is -2.14. The van der Waals surface area contributed by atoms with Crippen molar-refractivity contribution < 1.29 is 0 Å². The van der Waals surface area contributed by atoms with E-state index in [0.29, 0.717) is 17.6 Å². The molecule has 0 saturated heterocycles. The van der Waals surface area contributed by atoms with Crippen LogP contribution in [0.4, 0.5) is 0 Å². The largest absolute Gasteiger partial charge is 0.278 e. The number of hydrogen-bond donors (Lipinski definition) is 0. The van der Waals surface area contributed by atoms with Crippen molar-refractivity contribution in [1.82, 2.24) is 19.5 Å². The van der Waals surface area contributed by atoms with Gasteiger partial charge in [0, 0.05) is 21.9 Å². The van der Waals surface area contributed by atoms with Gasteiger partial charge >= 0.3 is 0 Å². The second-order valence-electron chi connectivity index (χ2n) is 13.2. The molecule has 0 atom stereocenters. The third-order valence-electron chi connectivity index (χ3n) is 10.4. The molecule has 1 aliphatic carbocycles.